The molecule has 0 aromatic carbocycles. The number of hydrogen-bond donors (Lipinski definition) is 2. The molecule has 58 heavy (non-hydrogen) atoms. The Morgan fingerprint density at radius 3 is 1.57 bits per heavy atom. The number of aliphatic hydroxyl groups excluding tert-OH is 2. The van der Waals surface area contributed by atoms with Crippen LogP contribution in [-0.4, -0.2) is 48.8 Å². The number of hydrogen-bond acceptors (Lipinski definition) is 9. The maximum absolute atomic E-state index is 11.1. The van der Waals surface area contributed by atoms with Crippen molar-refractivity contribution in [2.75, 3.05) is 14.2 Å². The zero-order valence-electron chi connectivity index (χ0n) is 33.9. The van der Waals surface area contributed by atoms with Crippen LogP contribution in [0.5, 0.6) is 0 Å². The van der Waals surface area contributed by atoms with Gasteiger partial charge >= 0.3 is 56.5 Å². The van der Waals surface area contributed by atoms with Gasteiger partial charge < -0.3 is 19.7 Å². The van der Waals surface area contributed by atoms with Crippen LogP contribution in [0.15, 0.2) is 74.1 Å². The summed E-state index contributed by atoms with van der Waals surface area (Å²) in [5.41, 5.74) is 0.909. The molecule has 1 aliphatic heterocycles. The first kappa shape index (κ1) is 56.6. The van der Waals surface area contributed by atoms with Crippen LogP contribution in [0.3, 0.4) is 0 Å². The molecule has 12 atom stereocenters. The fraction of sp³-hybridized carbons (Fsp3) is 0.652. The van der Waals surface area contributed by atoms with Crippen molar-refractivity contribution in [1.29, 1.82) is 0 Å². The third kappa shape index (κ3) is 16.2. The predicted octanol–water partition coefficient (Wildman–Crippen LogP) is 8.06. The first-order valence-corrected chi connectivity index (χ1v) is 32.7. The van der Waals surface area contributed by atoms with Crippen molar-refractivity contribution < 1.29 is 47.4 Å². The van der Waals surface area contributed by atoms with Crippen molar-refractivity contribution >= 4 is 61.6 Å². The van der Waals surface area contributed by atoms with E-state index in [0.717, 1.165) is 99.7 Å². The smallest absolute Gasteiger partial charge is 0.136 e. The summed E-state index contributed by atoms with van der Waals surface area (Å²) in [7, 11) is 2.00. The Bertz CT molecular complexity index is 1310. The number of aliphatic hydroxyl groups is 2. The van der Waals surface area contributed by atoms with Gasteiger partial charge in [-0.15, -0.1) is 13.2 Å². The molecule has 7 saturated carbocycles. The van der Waals surface area contributed by atoms with E-state index >= 15 is 0 Å². The van der Waals surface area contributed by atoms with Gasteiger partial charge in [-0.25, -0.2) is 0 Å². The van der Waals surface area contributed by atoms with Gasteiger partial charge in [0.15, 0.2) is 5.78 Å². The number of allylic oxidation sites excluding steroid dienone is 8. The summed E-state index contributed by atoms with van der Waals surface area (Å²) in [4.78, 5) is 54.9. The van der Waals surface area contributed by atoms with Crippen LogP contribution in [0, 0.1) is 80.9 Å². The maximum Gasteiger partial charge on any atom is 0.136 e. The van der Waals surface area contributed by atoms with E-state index in [-0.39, 0.29) is 19.3 Å². The topological polar surface area (TPSA) is 152 Å². The van der Waals surface area contributed by atoms with Gasteiger partial charge in [0.2, 0.25) is 0 Å². The minimum absolute atomic E-state index is 0. The number of Topliss-reactive ketones (excluding diaryl/α,β-unsaturated/α-hetero) is 2. The molecule has 12 unspecified atom stereocenters. The van der Waals surface area contributed by atoms with E-state index in [1.54, 1.807) is 0 Å². The van der Waals surface area contributed by atoms with Gasteiger partial charge in [-0.1, -0.05) is 57.0 Å². The summed E-state index contributed by atoms with van der Waals surface area (Å²) in [5, 5.41) is 14.0. The van der Waals surface area contributed by atoms with Gasteiger partial charge in [-0.05, 0) is 143 Å². The van der Waals surface area contributed by atoms with E-state index in [4.69, 9.17) is 29.7 Å². The first-order chi connectivity index (χ1) is 27.7. The molecule has 0 amide bonds. The minimum Gasteiger partial charge on any atom is -0.299 e. The Balaban J connectivity index is 0.000000653. The van der Waals surface area contributed by atoms with Crippen LogP contribution >= 0.6 is 37.2 Å². The summed E-state index contributed by atoms with van der Waals surface area (Å²) in [6.07, 6.45) is 32.9. The van der Waals surface area contributed by atoms with E-state index in [0.29, 0.717) is 54.3 Å². The van der Waals surface area contributed by atoms with Gasteiger partial charge in [-0.3, -0.25) is 14.4 Å². The monoisotopic (exact) mass is 1150 g/mol. The zero-order valence-corrected chi connectivity index (χ0v) is 40.4. The third-order valence-corrected chi connectivity index (χ3v) is 13.2. The van der Waals surface area contributed by atoms with Gasteiger partial charge in [-0.2, -0.15) is 0 Å². The maximum atomic E-state index is 11.1. The quantitative estimate of drug-likeness (QED) is 0.106. The number of carbonyl (C=O) groups excluding carboxylic acids is 4. The predicted molar refractivity (Wildman–Crippen MR) is 249 cm³/mol. The van der Waals surface area contributed by atoms with Crippen LogP contribution < -0.4 is 13.3 Å². The molecule has 1 heterocycles. The van der Waals surface area contributed by atoms with Gasteiger partial charge in [0, 0.05) is 48.3 Å². The number of esters is 1. The fourth-order valence-electron chi connectivity index (χ4n) is 10.5. The Morgan fingerprint density at radius 2 is 1.17 bits per heavy atom. The second-order valence-corrected chi connectivity index (χ2v) is 32.1. The molecular weight excluding hydrogens is 1080 g/mol. The average Bonchev–Trinajstić information content (AvgIpc) is 4.12. The van der Waals surface area contributed by atoms with Crippen LogP contribution in [-0.2, 0) is 23.9 Å². The zero-order chi connectivity index (χ0) is 43.1. The van der Waals surface area contributed by atoms with Crippen molar-refractivity contribution in [3.05, 3.63) is 84.0 Å². The Labute approximate surface area is 378 Å². The van der Waals surface area contributed by atoms with E-state index in [1.165, 1.54) is 57.8 Å². The molecular formula is C46H70I3O9-. The molecule has 0 spiro atoms. The van der Waals surface area contributed by atoms with Crippen LogP contribution in [0.1, 0.15) is 104 Å². The van der Waals surface area contributed by atoms with Crippen molar-refractivity contribution in [2.24, 2.45) is 71.0 Å². The molecule has 2 N–H and O–H groups in total. The summed E-state index contributed by atoms with van der Waals surface area (Å²) in [5.74, 6) is 10.2. The SMILES string of the molecule is C.C1=CC2C3C=CC(C3)C2C1.C1=CC2CCC1C2.C=C.C=C1C(=O)C2CCC1C2.C=C1OC(=O)C2CCC1C2.C=O.CO.CO.I[I-]I.O=C1CC2CCC1C2.O=O. The van der Waals surface area contributed by atoms with E-state index in [1.807, 2.05) is 6.79 Å². The molecule has 11 rings (SSSR count). The van der Waals surface area contributed by atoms with Gasteiger partial charge in [0.05, 0.1) is 5.92 Å². The molecule has 1 saturated heterocycles. The number of carbonyl (C=O) groups is 4. The number of halogens is 3. The van der Waals surface area contributed by atoms with Crippen molar-refractivity contribution in [3.8, 4) is 0 Å². The second-order valence-electron chi connectivity index (χ2n) is 15.9. The molecule has 11 aliphatic rings. The first-order valence-electron chi connectivity index (χ1n) is 20.2. The molecule has 12 heteroatoms. The number of ketones is 2. The normalized spacial score (nSPS) is 34.6. The fourth-order valence-corrected chi connectivity index (χ4v) is 10.5. The standard InChI is InChI=1S/C10H12.C8H10O2.C8H10O.C7H10O.C7H10.C2H4.2CH4O.CH2O.CH4.I3.O2/c1-2-9-7-4-5-8(6-7)10(9)3-1;1-5-6-2-3-7(4-6)8(9)10-5;1-5-6-2-3-7(4-6)8(5)9;8-7-4-5-1-2-6(7)3-5;1-2-7-4-3-6(1)5-7;4*1-2;;1-3-2;1-2/h1-2,4-5,7-10H,3,6H2;6-7H,1-4H2;6-7H,1-4H2;5-6H,1-4H2;1-2,6-7H,3-5H2;1-2H2;2*2H,1H3;1H2;1H4;;/q;;;;;;;;;;-1;. The third-order valence-electron chi connectivity index (χ3n) is 13.2. The molecule has 10 aliphatic carbocycles. The van der Waals surface area contributed by atoms with E-state index in [9.17, 15) is 14.4 Å². The molecule has 8 fully saturated rings. The minimum atomic E-state index is -0.0567. The van der Waals surface area contributed by atoms with Crippen molar-refractivity contribution in [1.82, 2.24) is 0 Å². The van der Waals surface area contributed by atoms with Crippen LogP contribution in [0.4, 0.5) is 0 Å². The van der Waals surface area contributed by atoms with E-state index in [2.05, 4.69) is 100 Å². The molecule has 0 radical (unpaired) electrons. The Hall–Kier alpha value is -1.37. The second kappa shape index (κ2) is 31.5. The average molecular weight is 1150 g/mol. The summed E-state index contributed by atoms with van der Waals surface area (Å²) in [6.45, 7) is 15.5. The number of rotatable bonds is 0. The Morgan fingerprint density at radius 1 is 0.655 bits per heavy atom. The largest absolute Gasteiger partial charge is 0.299 e. The molecule has 9 nitrogen and oxygen atoms in total. The van der Waals surface area contributed by atoms with E-state index < -0.39 is 0 Å². The number of ether oxygens (including phenoxy) is 1. The molecule has 0 aromatic heterocycles. The molecule has 330 valence electrons. The van der Waals surface area contributed by atoms with Gasteiger partial charge in [0.1, 0.15) is 18.3 Å². The van der Waals surface area contributed by atoms with Crippen LogP contribution in [0.25, 0.3) is 0 Å². The van der Waals surface area contributed by atoms with Crippen molar-refractivity contribution in [2.45, 2.75) is 104 Å². The summed E-state index contributed by atoms with van der Waals surface area (Å²) in [6, 6.07) is 0. The summed E-state index contributed by atoms with van der Waals surface area (Å²) >= 11 is 5.30. The summed E-state index contributed by atoms with van der Waals surface area (Å²) < 4.78 is 4.94. The van der Waals surface area contributed by atoms with Gasteiger partial charge in [0.25, 0.3) is 0 Å². The Kier molecular flexibility index (Phi) is 30.7. The number of fused-ring (bicyclic) bond motifs is 13. The van der Waals surface area contributed by atoms with Crippen molar-refractivity contribution in [3.63, 3.8) is 0 Å². The number of cyclic esters (lactones) is 1. The molecule has 0 aromatic rings. The van der Waals surface area contributed by atoms with Crippen LogP contribution in [0.2, 0.25) is 0 Å². The molecule has 10 bridgehead atoms.